The molecule has 0 saturated heterocycles. The highest BCUT2D eigenvalue weighted by atomic mass is 35.5. The van der Waals surface area contributed by atoms with Crippen molar-refractivity contribution in [3.8, 4) is 11.8 Å². The molecule has 7 heteroatoms. The maximum atomic E-state index is 12.3. The van der Waals surface area contributed by atoms with E-state index in [2.05, 4.69) is 11.4 Å². The number of rotatable bonds is 4. The Morgan fingerprint density at radius 3 is 2.67 bits per heavy atom. The Hall–Kier alpha value is -2.52. The first-order valence-electron chi connectivity index (χ1n) is 9.01. The van der Waals surface area contributed by atoms with Gasteiger partial charge in [0.2, 0.25) is 0 Å². The van der Waals surface area contributed by atoms with Crippen LogP contribution in [0.15, 0.2) is 27.4 Å². The molecule has 6 nitrogen and oxygen atoms in total. The molecule has 3 rings (SSSR count). The summed E-state index contributed by atoms with van der Waals surface area (Å²) in [6, 6.07) is 6.81. The van der Waals surface area contributed by atoms with Crippen LogP contribution in [-0.2, 0) is 4.79 Å². The van der Waals surface area contributed by atoms with Gasteiger partial charge in [-0.3, -0.25) is 4.79 Å². The molecule has 1 N–H and O–H groups in total. The smallest absolute Gasteiger partial charge is 0.336 e. The summed E-state index contributed by atoms with van der Waals surface area (Å²) in [6.45, 7) is 1.52. The van der Waals surface area contributed by atoms with E-state index in [1.807, 2.05) is 0 Å². The van der Waals surface area contributed by atoms with Crippen molar-refractivity contribution in [3.63, 3.8) is 0 Å². The monoisotopic (exact) mass is 388 g/mol. The van der Waals surface area contributed by atoms with Crippen molar-refractivity contribution in [2.45, 2.75) is 51.0 Å². The maximum absolute atomic E-state index is 12.3. The number of nitrogens with zero attached hydrogens (tertiary/aromatic N) is 1. The highest BCUT2D eigenvalue weighted by molar-refractivity contribution is 6.32. The molecule has 1 aromatic heterocycles. The molecule has 0 spiro atoms. The molecule has 1 aromatic carbocycles. The number of hydrogen-bond acceptors (Lipinski definition) is 5. The Kier molecular flexibility index (Phi) is 5.71. The Morgan fingerprint density at radius 2 is 2.00 bits per heavy atom. The molecule has 1 fully saturated rings. The number of nitriles is 1. The van der Waals surface area contributed by atoms with E-state index in [0.29, 0.717) is 28.8 Å². The van der Waals surface area contributed by atoms with Crippen LogP contribution in [0.4, 0.5) is 0 Å². The van der Waals surface area contributed by atoms with Crippen LogP contribution in [0.5, 0.6) is 5.75 Å². The summed E-state index contributed by atoms with van der Waals surface area (Å²) in [4.78, 5) is 23.9. The minimum atomic E-state index is -0.825. The summed E-state index contributed by atoms with van der Waals surface area (Å²) < 4.78 is 10.7. The lowest BCUT2D eigenvalue weighted by atomic mass is 9.92. The summed E-state index contributed by atoms with van der Waals surface area (Å²) in [5, 5.41) is 13.4. The van der Waals surface area contributed by atoms with Gasteiger partial charge in [0.25, 0.3) is 5.91 Å². The number of aryl methyl sites for hydroxylation is 1. The van der Waals surface area contributed by atoms with Crippen molar-refractivity contribution >= 4 is 28.5 Å². The predicted molar refractivity (Wildman–Crippen MR) is 102 cm³/mol. The Morgan fingerprint density at radius 1 is 1.30 bits per heavy atom. The number of nitrogens with one attached hydrogen (secondary N) is 1. The molecule has 1 saturated carbocycles. The molecule has 0 unspecified atom stereocenters. The lowest BCUT2D eigenvalue weighted by Crippen LogP contribution is -2.48. The van der Waals surface area contributed by atoms with Crippen molar-refractivity contribution in [1.29, 1.82) is 5.26 Å². The zero-order valence-electron chi connectivity index (χ0n) is 15.1. The van der Waals surface area contributed by atoms with Gasteiger partial charge in [0.05, 0.1) is 11.1 Å². The molecule has 1 aliphatic carbocycles. The third kappa shape index (κ3) is 4.42. The molecule has 1 amide bonds. The molecule has 2 aromatic rings. The van der Waals surface area contributed by atoms with Gasteiger partial charge in [-0.25, -0.2) is 4.79 Å². The van der Waals surface area contributed by atoms with Gasteiger partial charge in [-0.1, -0.05) is 37.3 Å². The van der Waals surface area contributed by atoms with Gasteiger partial charge in [-0.15, -0.1) is 0 Å². The van der Waals surface area contributed by atoms with Crippen molar-refractivity contribution in [1.82, 2.24) is 5.32 Å². The van der Waals surface area contributed by atoms with Crippen LogP contribution in [0, 0.1) is 18.3 Å². The SMILES string of the molecule is Cc1cc(=O)oc2cc(OCC(=O)NC3(C#N)CCCCCC3)c(Cl)cc12. The van der Waals surface area contributed by atoms with E-state index in [1.165, 1.54) is 12.1 Å². The quantitative estimate of drug-likeness (QED) is 0.634. The second kappa shape index (κ2) is 8.01. The first-order chi connectivity index (χ1) is 12.9. The summed E-state index contributed by atoms with van der Waals surface area (Å²) >= 11 is 6.24. The lowest BCUT2D eigenvalue weighted by Gasteiger charge is -2.26. The fourth-order valence-electron chi connectivity index (χ4n) is 3.47. The summed E-state index contributed by atoms with van der Waals surface area (Å²) in [6.07, 6.45) is 5.29. The second-order valence-electron chi connectivity index (χ2n) is 6.97. The largest absolute Gasteiger partial charge is 0.482 e. The van der Waals surface area contributed by atoms with E-state index in [1.54, 1.807) is 13.0 Å². The zero-order chi connectivity index (χ0) is 19.4. The number of benzene rings is 1. The fourth-order valence-corrected chi connectivity index (χ4v) is 3.69. The number of carbonyl (C=O) groups is 1. The molecule has 27 heavy (non-hydrogen) atoms. The zero-order valence-corrected chi connectivity index (χ0v) is 15.9. The third-order valence-electron chi connectivity index (χ3n) is 4.91. The maximum Gasteiger partial charge on any atom is 0.336 e. The first kappa shape index (κ1) is 19.2. The van der Waals surface area contributed by atoms with Gasteiger partial charge < -0.3 is 14.5 Å². The highest BCUT2D eigenvalue weighted by Crippen LogP contribution is 2.31. The molecular weight excluding hydrogens is 368 g/mol. The predicted octanol–water partition coefficient (Wildman–Crippen LogP) is 3.87. The number of hydrogen-bond donors (Lipinski definition) is 1. The molecular formula is C20H21ClN2O4. The number of carbonyl (C=O) groups excluding carboxylic acids is 1. The number of amides is 1. The molecule has 142 valence electrons. The Bertz CT molecular complexity index is 953. The van der Waals surface area contributed by atoms with Crippen LogP contribution in [0.2, 0.25) is 5.02 Å². The molecule has 0 atom stereocenters. The second-order valence-corrected chi connectivity index (χ2v) is 7.38. The topological polar surface area (TPSA) is 92.3 Å². The van der Waals surface area contributed by atoms with Crippen molar-refractivity contribution in [2.24, 2.45) is 0 Å². The Labute approximate surface area is 162 Å². The fraction of sp³-hybridized carbons (Fsp3) is 0.450. The highest BCUT2D eigenvalue weighted by Gasteiger charge is 2.32. The molecule has 1 heterocycles. The lowest BCUT2D eigenvalue weighted by molar-refractivity contribution is -0.124. The van der Waals surface area contributed by atoms with Gasteiger partial charge in [0, 0.05) is 17.5 Å². The standard InChI is InChI=1S/C20H21ClN2O4/c1-13-8-19(25)27-16-10-17(15(21)9-14(13)16)26-11-18(24)23-20(12-22)6-4-2-3-5-7-20/h8-10H,2-7,11H2,1H3,(H,23,24). The average molecular weight is 389 g/mol. The minimum absolute atomic E-state index is 0.250. The van der Waals surface area contributed by atoms with Crippen molar-refractivity contribution in [3.05, 3.63) is 39.2 Å². The van der Waals surface area contributed by atoms with Crippen LogP contribution in [-0.4, -0.2) is 18.1 Å². The van der Waals surface area contributed by atoms with Gasteiger partial charge >= 0.3 is 5.63 Å². The van der Waals surface area contributed by atoms with Crippen molar-refractivity contribution in [2.75, 3.05) is 6.61 Å². The summed E-state index contributed by atoms with van der Waals surface area (Å²) in [5.74, 6) is -0.125. The van der Waals surface area contributed by atoms with Gasteiger partial charge in [-0.05, 0) is 31.4 Å². The molecule has 1 aliphatic rings. The Balaban J connectivity index is 1.72. The number of fused-ring (bicyclic) bond motifs is 1. The van der Waals surface area contributed by atoms with E-state index < -0.39 is 11.2 Å². The van der Waals surface area contributed by atoms with Gasteiger partial charge in [0.15, 0.2) is 6.61 Å². The van der Waals surface area contributed by atoms with E-state index in [9.17, 15) is 14.9 Å². The van der Waals surface area contributed by atoms with Gasteiger partial charge in [-0.2, -0.15) is 5.26 Å². The van der Waals surface area contributed by atoms with Crippen LogP contribution in [0.1, 0.15) is 44.1 Å². The summed E-state index contributed by atoms with van der Waals surface area (Å²) in [5.41, 5.74) is -0.196. The average Bonchev–Trinajstić information content (AvgIpc) is 2.87. The van der Waals surface area contributed by atoms with E-state index >= 15 is 0 Å². The van der Waals surface area contributed by atoms with Gasteiger partial charge in [0.1, 0.15) is 16.9 Å². The molecule has 0 aliphatic heterocycles. The van der Waals surface area contributed by atoms with E-state index in [4.69, 9.17) is 20.8 Å². The minimum Gasteiger partial charge on any atom is -0.482 e. The van der Waals surface area contributed by atoms with Crippen LogP contribution in [0.25, 0.3) is 11.0 Å². The number of halogens is 1. The van der Waals surface area contributed by atoms with Crippen LogP contribution >= 0.6 is 11.6 Å². The number of ether oxygens (including phenoxy) is 1. The molecule has 0 radical (unpaired) electrons. The van der Waals surface area contributed by atoms with Crippen molar-refractivity contribution < 1.29 is 13.9 Å². The third-order valence-corrected chi connectivity index (χ3v) is 5.21. The normalized spacial score (nSPS) is 16.3. The van der Waals surface area contributed by atoms with Crippen LogP contribution in [0.3, 0.4) is 0 Å². The summed E-state index contributed by atoms with van der Waals surface area (Å²) in [7, 11) is 0. The van der Waals surface area contributed by atoms with E-state index in [0.717, 1.165) is 31.2 Å². The van der Waals surface area contributed by atoms with E-state index in [-0.39, 0.29) is 18.3 Å². The first-order valence-corrected chi connectivity index (χ1v) is 9.39. The molecule has 0 bridgehead atoms. The van der Waals surface area contributed by atoms with Crippen LogP contribution < -0.4 is 15.7 Å².